The number of fused-ring (bicyclic) bond motifs is 2. The first-order valence-corrected chi connectivity index (χ1v) is 7.06. The molecule has 1 fully saturated rings. The normalized spacial score (nSPS) is 30.5. The molecule has 0 spiro atoms. The van der Waals surface area contributed by atoms with Crippen LogP contribution in [0.4, 0.5) is 0 Å². The van der Waals surface area contributed by atoms with Crippen LogP contribution in [0.25, 0.3) is 0 Å². The number of allylic oxidation sites excluding steroid dienone is 2. The summed E-state index contributed by atoms with van der Waals surface area (Å²) in [6.07, 6.45) is 4.95. The predicted octanol–water partition coefficient (Wildman–Crippen LogP) is 1.66. The molecule has 2 aliphatic rings. The highest BCUT2D eigenvalue weighted by atomic mass is 16.4. The van der Waals surface area contributed by atoms with E-state index in [2.05, 4.69) is 0 Å². The third-order valence-electron chi connectivity index (χ3n) is 4.40. The molecule has 4 atom stereocenters. The molecule has 2 aliphatic carbocycles. The van der Waals surface area contributed by atoms with E-state index < -0.39 is 17.8 Å². The van der Waals surface area contributed by atoms with Crippen molar-refractivity contribution in [2.45, 2.75) is 32.7 Å². The van der Waals surface area contributed by atoms with Gasteiger partial charge in [0.25, 0.3) is 0 Å². The van der Waals surface area contributed by atoms with E-state index in [1.807, 2.05) is 32.1 Å². The zero-order valence-corrected chi connectivity index (χ0v) is 11.8. The van der Waals surface area contributed by atoms with Gasteiger partial charge in [0.1, 0.15) is 0 Å². The van der Waals surface area contributed by atoms with Gasteiger partial charge in [-0.2, -0.15) is 5.26 Å². The van der Waals surface area contributed by atoms with Gasteiger partial charge in [-0.3, -0.25) is 9.59 Å². The van der Waals surface area contributed by atoms with Gasteiger partial charge >= 0.3 is 5.97 Å². The standard InChI is InChI=1S/C15H20N2O3/c1-9(2)17(7-3-6-16)14(18)12-10-4-5-11(8-10)13(12)15(19)20/h4-5,9-13H,3,7-8H2,1-2H3,(H,19,20). The summed E-state index contributed by atoms with van der Waals surface area (Å²) < 4.78 is 0. The molecular formula is C15H20N2O3. The molecule has 0 heterocycles. The van der Waals surface area contributed by atoms with E-state index in [1.165, 1.54) is 0 Å². The second kappa shape index (κ2) is 5.66. The number of nitrogens with zero attached hydrogens (tertiary/aromatic N) is 2. The highest BCUT2D eigenvalue weighted by Gasteiger charge is 2.52. The summed E-state index contributed by atoms with van der Waals surface area (Å²) in [6.45, 7) is 4.17. The lowest BCUT2D eigenvalue weighted by molar-refractivity contribution is -0.151. The number of carbonyl (C=O) groups excluding carboxylic acids is 1. The minimum absolute atomic E-state index is 0.0172. The molecule has 108 valence electrons. The second-order valence-electron chi connectivity index (χ2n) is 5.87. The fraction of sp³-hybridized carbons (Fsp3) is 0.667. The molecule has 5 heteroatoms. The van der Waals surface area contributed by atoms with E-state index in [0.29, 0.717) is 6.54 Å². The highest BCUT2D eigenvalue weighted by molar-refractivity contribution is 5.87. The van der Waals surface area contributed by atoms with E-state index in [1.54, 1.807) is 4.90 Å². The summed E-state index contributed by atoms with van der Waals surface area (Å²) in [7, 11) is 0. The molecule has 0 radical (unpaired) electrons. The third-order valence-corrected chi connectivity index (χ3v) is 4.40. The van der Waals surface area contributed by atoms with Gasteiger partial charge in [0, 0.05) is 12.6 Å². The van der Waals surface area contributed by atoms with Crippen molar-refractivity contribution in [2.75, 3.05) is 6.54 Å². The van der Waals surface area contributed by atoms with Crippen LogP contribution in [0.3, 0.4) is 0 Å². The molecule has 2 bridgehead atoms. The number of rotatable bonds is 5. The molecule has 0 aromatic carbocycles. The molecule has 0 aromatic rings. The summed E-state index contributed by atoms with van der Waals surface area (Å²) in [5.41, 5.74) is 0. The summed E-state index contributed by atoms with van der Waals surface area (Å²) in [6, 6.07) is 2.02. The maximum atomic E-state index is 12.7. The molecule has 4 unspecified atom stereocenters. The van der Waals surface area contributed by atoms with Crippen LogP contribution in [-0.4, -0.2) is 34.5 Å². The van der Waals surface area contributed by atoms with Crippen molar-refractivity contribution < 1.29 is 14.7 Å². The summed E-state index contributed by atoms with van der Waals surface area (Å²) in [5, 5.41) is 18.1. The van der Waals surface area contributed by atoms with Crippen molar-refractivity contribution in [2.24, 2.45) is 23.7 Å². The molecular weight excluding hydrogens is 256 g/mol. The van der Waals surface area contributed by atoms with Crippen LogP contribution in [0.1, 0.15) is 26.7 Å². The fourth-order valence-electron chi connectivity index (χ4n) is 3.48. The average Bonchev–Trinajstić information content (AvgIpc) is 2.98. The lowest BCUT2D eigenvalue weighted by Gasteiger charge is -2.33. The Bertz CT molecular complexity index is 478. The summed E-state index contributed by atoms with van der Waals surface area (Å²) in [5.74, 6) is -2.05. The number of hydrogen-bond acceptors (Lipinski definition) is 3. The Balaban J connectivity index is 2.20. The van der Waals surface area contributed by atoms with Gasteiger partial charge < -0.3 is 10.0 Å². The zero-order chi connectivity index (χ0) is 14.9. The first-order chi connectivity index (χ1) is 9.47. The van der Waals surface area contributed by atoms with Crippen LogP contribution in [-0.2, 0) is 9.59 Å². The van der Waals surface area contributed by atoms with Gasteiger partial charge in [-0.05, 0) is 32.1 Å². The van der Waals surface area contributed by atoms with Crippen molar-refractivity contribution in [3.05, 3.63) is 12.2 Å². The average molecular weight is 276 g/mol. The molecule has 0 saturated heterocycles. The molecule has 1 amide bonds. The van der Waals surface area contributed by atoms with E-state index in [0.717, 1.165) is 6.42 Å². The Morgan fingerprint density at radius 3 is 2.45 bits per heavy atom. The first kappa shape index (κ1) is 14.6. The number of amides is 1. The van der Waals surface area contributed by atoms with Crippen molar-refractivity contribution in [3.63, 3.8) is 0 Å². The van der Waals surface area contributed by atoms with Crippen molar-refractivity contribution >= 4 is 11.9 Å². The van der Waals surface area contributed by atoms with E-state index in [9.17, 15) is 14.7 Å². The van der Waals surface area contributed by atoms with Crippen LogP contribution in [0.2, 0.25) is 0 Å². The minimum atomic E-state index is -0.885. The monoisotopic (exact) mass is 276 g/mol. The van der Waals surface area contributed by atoms with Crippen LogP contribution in [0.5, 0.6) is 0 Å². The van der Waals surface area contributed by atoms with Gasteiger partial charge in [0.2, 0.25) is 5.91 Å². The van der Waals surface area contributed by atoms with Gasteiger partial charge in [-0.25, -0.2) is 0 Å². The molecule has 1 N–H and O–H groups in total. The first-order valence-electron chi connectivity index (χ1n) is 7.06. The SMILES string of the molecule is CC(C)N(CCC#N)C(=O)C1C2C=CC(C2)C1C(=O)O. The van der Waals surface area contributed by atoms with E-state index in [-0.39, 0.29) is 30.2 Å². The number of aliphatic carboxylic acids is 1. The van der Waals surface area contributed by atoms with E-state index in [4.69, 9.17) is 5.26 Å². The summed E-state index contributed by atoms with van der Waals surface area (Å²) >= 11 is 0. The lowest BCUT2D eigenvalue weighted by Crippen LogP contribution is -2.46. The van der Waals surface area contributed by atoms with Crippen LogP contribution >= 0.6 is 0 Å². The Morgan fingerprint density at radius 1 is 1.35 bits per heavy atom. The van der Waals surface area contributed by atoms with Crippen LogP contribution in [0, 0.1) is 35.0 Å². The largest absolute Gasteiger partial charge is 0.481 e. The van der Waals surface area contributed by atoms with Crippen LogP contribution < -0.4 is 0 Å². The minimum Gasteiger partial charge on any atom is -0.481 e. The molecule has 20 heavy (non-hydrogen) atoms. The van der Waals surface area contributed by atoms with Crippen LogP contribution in [0.15, 0.2) is 12.2 Å². The number of nitriles is 1. The van der Waals surface area contributed by atoms with Crippen molar-refractivity contribution in [3.8, 4) is 6.07 Å². The highest BCUT2D eigenvalue weighted by Crippen LogP contribution is 2.48. The fourth-order valence-corrected chi connectivity index (χ4v) is 3.48. The van der Waals surface area contributed by atoms with Gasteiger partial charge in [-0.15, -0.1) is 0 Å². The van der Waals surface area contributed by atoms with Gasteiger partial charge in [0.05, 0.1) is 24.3 Å². The topological polar surface area (TPSA) is 81.4 Å². The Morgan fingerprint density at radius 2 is 1.95 bits per heavy atom. The number of hydrogen-bond donors (Lipinski definition) is 1. The number of carboxylic acid groups (broad SMARTS) is 1. The van der Waals surface area contributed by atoms with Gasteiger partial charge in [0.15, 0.2) is 0 Å². The maximum Gasteiger partial charge on any atom is 0.307 e. The second-order valence-corrected chi connectivity index (χ2v) is 5.87. The van der Waals surface area contributed by atoms with Crippen molar-refractivity contribution in [1.29, 1.82) is 5.26 Å². The smallest absolute Gasteiger partial charge is 0.307 e. The van der Waals surface area contributed by atoms with Gasteiger partial charge in [-0.1, -0.05) is 12.2 Å². The maximum absolute atomic E-state index is 12.7. The third kappa shape index (κ3) is 2.43. The molecule has 0 aliphatic heterocycles. The summed E-state index contributed by atoms with van der Waals surface area (Å²) in [4.78, 5) is 25.8. The number of carbonyl (C=O) groups is 2. The van der Waals surface area contributed by atoms with E-state index >= 15 is 0 Å². The molecule has 5 nitrogen and oxygen atoms in total. The Kier molecular flexibility index (Phi) is 4.12. The number of carboxylic acids is 1. The Labute approximate surface area is 118 Å². The quantitative estimate of drug-likeness (QED) is 0.774. The molecule has 1 saturated carbocycles. The Hall–Kier alpha value is -1.83. The zero-order valence-electron chi connectivity index (χ0n) is 11.8. The lowest BCUT2D eigenvalue weighted by atomic mass is 9.82. The molecule has 2 rings (SSSR count). The predicted molar refractivity (Wildman–Crippen MR) is 72.4 cm³/mol. The van der Waals surface area contributed by atoms with Crippen molar-refractivity contribution in [1.82, 2.24) is 4.90 Å². The molecule has 0 aromatic heterocycles.